The van der Waals surface area contributed by atoms with Crippen LogP contribution < -0.4 is 14.5 Å². The standard InChI is InChI=1S/C20H19ClF3N3O4S2/c1-4-26-16-8-5-12(9-17(16)32-19(26)29)25-18(28)11(2)27(33(3,30)31)13-6-7-15(21)14(10-13)20(22,23)24/h5-11H,4H2,1-3H3,(H,25,28)/t11-/m1/s1. The van der Waals surface area contributed by atoms with Gasteiger partial charge in [0.05, 0.1) is 32.7 Å². The highest BCUT2D eigenvalue weighted by molar-refractivity contribution is 7.92. The number of aryl methyl sites for hydroxylation is 1. The van der Waals surface area contributed by atoms with Crippen LogP contribution in [-0.2, 0) is 27.5 Å². The molecule has 7 nitrogen and oxygen atoms in total. The number of sulfonamides is 1. The molecule has 13 heteroatoms. The minimum atomic E-state index is -4.81. The number of hydrogen-bond acceptors (Lipinski definition) is 5. The molecule has 0 aliphatic heterocycles. The molecule has 0 aliphatic rings. The van der Waals surface area contributed by atoms with Crippen molar-refractivity contribution in [3.8, 4) is 0 Å². The molecule has 1 N–H and O–H groups in total. The van der Waals surface area contributed by atoms with Crippen molar-refractivity contribution >= 4 is 60.5 Å². The van der Waals surface area contributed by atoms with Crippen molar-refractivity contribution in [2.24, 2.45) is 0 Å². The van der Waals surface area contributed by atoms with Crippen LogP contribution in [0.5, 0.6) is 0 Å². The molecule has 0 fully saturated rings. The van der Waals surface area contributed by atoms with E-state index in [9.17, 15) is 31.2 Å². The van der Waals surface area contributed by atoms with Crippen LogP contribution in [0.3, 0.4) is 0 Å². The molecule has 0 aliphatic carbocycles. The van der Waals surface area contributed by atoms with Crippen molar-refractivity contribution in [3.05, 3.63) is 56.7 Å². The first-order valence-electron chi connectivity index (χ1n) is 9.54. The Morgan fingerprint density at radius 1 is 1.24 bits per heavy atom. The van der Waals surface area contributed by atoms with E-state index >= 15 is 0 Å². The van der Waals surface area contributed by atoms with Crippen molar-refractivity contribution in [1.82, 2.24) is 4.57 Å². The molecule has 0 spiro atoms. The predicted molar refractivity (Wildman–Crippen MR) is 124 cm³/mol. The molecule has 1 atom stereocenters. The monoisotopic (exact) mass is 521 g/mol. The van der Waals surface area contributed by atoms with Crippen LogP contribution in [0.4, 0.5) is 24.5 Å². The molecule has 178 valence electrons. The molecule has 0 unspecified atom stereocenters. The largest absolute Gasteiger partial charge is 0.417 e. The predicted octanol–water partition coefficient (Wildman–Crippen LogP) is 4.55. The molecule has 0 radical (unpaired) electrons. The van der Waals surface area contributed by atoms with E-state index in [1.54, 1.807) is 22.8 Å². The van der Waals surface area contributed by atoms with Gasteiger partial charge in [0.15, 0.2) is 0 Å². The fourth-order valence-electron chi connectivity index (χ4n) is 3.37. The third-order valence-electron chi connectivity index (χ3n) is 4.85. The number of aromatic nitrogens is 1. The van der Waals surface area contributed by atoms with Crippen LogP contribution in [0.15, 0.2) is 41.2 Å². The molecule has 0 bridgehead atoms. The van der Waals surface area contributed by atoms with Gasteiger partial charge in [-0.25, -0.2) is 8.42 Å². The molecule has 2 aromatic carbocycles. The summed E-state index contributed by atoms with van der Waals surface area (Å²) in [6.45, 7) is 3.56. The summed E-state index contributed by atoms with van der Waals surface area (Å²) in [6, 6.07) is 6.00. The molecule has 3 rings (SSSR count). The van der Waals surface area contributed by atoms with E-state index in [0.29, 0.717) is 32.8 Å². The number of anilines is 2. The average molecular weight is 522 g/mol. The lowest BCUT2D eigenvalue weighted by Gasteiger charge is -2.29. The summed E-state index contributed by atoms with van der Waals surface area (Å²) in [7, 11) is -4.15. The van der Waals surface area contributed by atoms with Gasteiger partial charge in [-0.3, -0.25) is 18.5 Å². The highest BCUT2D eigenvalue weighted by Crippen LogP contribution is 2.38. The highest BCUT2D eigenvalue weighted by atomic mass is 35.5. The van der Waals surface area contributed by atoms with Gasteiger partial charge in [-0.1, -0.05) is 22.9 Å². The SMILES string of the molecule is CCn1c(=O)sc2cc(NC(=O)[C@@H](C)N(c3ccc(Cl)c(C(F)(F)F)c3)S(C)(=O)=O)ccc21. The lowest BCUT2D eigenvalue weighted by molar-refractivity contribution is -0.137. The van der Waals surface area contributed by atoms with Gasteiger partial charge in [0, 0.05) is 12.2 Å². The molecule has 1 aromatic heterocycles. The molecular weight excluding hydrogens is 503 g/mol. The van der Waals surface area contributed by atoms with Gasteiger partial charge in [0.25, 0.3) is 0 Å². The molecule has 0 saturated carbocycles. The number of hydrogen-bond donors (Lipinski definition) is 1. The summed E-state index contributed by atoms with van der Waals surface area (Å²) in [5, 5.41) is 1.97. The maximum atomic E-state index is 13.3. The molecule has 1 amide bonds. The van der Waals surface area contributed by atoms with Crippen molar-refractivity contribution < 1.29 is 26.4 Å². The van der Waals surface area contributed by atoms with E-state index in [1.165, 1.54) is 6.92 Å². The Balaban J connectivity index is 1.95. The minimum Gasteiger partial charge on any atom is -0.324 e. The number of carbonyl (C=O) groups excluding carboxylic acids is 1. The number of nitrogens with one attached hydrogen (secondary N) is 1. The summed E-state index contributed by atoms with van der Waals surface area (Å²) in [4.78, 5) is 24.7. The molecular formula is C20H19ClF3N3O4S2. The van der Waals surface area contributed by atoms with E-state index < -0.39 is 38.7 Å². The van der Waals surface area contributed by atoms with Crippen molar-refractivity contribution in [3.63, 3.8) is 0 Å². The summed E-state index contributed by atoms with van der Waals surface area (Å²) in [6.07, 6.45) is -4.02. The number of thiazole rings is 1. The number of alkyl halides is 3. The van der Waals surface area contributed by atoms with Gasteiger partial charge >= 0.3 is 11.0 Å². The van der Waals surface area contributed by atoms with Gasteiger partial charge in [0.1, 0.15) is 6.04 Å². The summed E-state index contributed by atoms with van der Waals surface area (Å²) in [5.41, 5.74) is -0.573. The van der Waals surface area contributed by atoms with Gasteiger partial charge in [-0.2, -0.15) is 13.2 Å². The van der Waals surface area contributed by atoms with Crippen molar-refractivity contribution in [2.75, 3.05) is 15.9 Å². The van der Waals surface area contributed by atoms with Crippen LogP contribution in [-0.4, -0.2) is 31.2 Å². The van der Waals surface area contributed by atoms with Crippen molar-refractivity contribution in [1.29, 1.82) is 0 Å². The Labute approximate surface area is 196 Å². The van der Waals surface area contributed by atoms with E-state index in [-0.39, 0.29) is 10.6 Å². The molecule has 0 saturated heterocycles. The number of benzene rings is 2. The number of fused-ring (bicyclic) bond motifs is 1. The van der Waals surface area contributed by atoms with Gasteiger partial charge in [-0.15, -0.1) is 0 Å². The Hall–Kier alpha value is -2.57. The van der Waals surface area contributed by atoms with Gasteiger partial charge in [0.2, 0.25) is 15.9 Å². The lowest BCUT2D eigenvalue weighted by Crippen LogP contribution is -2.45. The van der Waals surface area contributed by atoms with E-state index in [4.69, 9.17) is 11.6 Å². The third kappa shape index (κ3) is 5.17. The first kappa shape index (κ1) is 25.1. The zero-order valence-corrected chi connectivity index (χ0v) is 20.0. The zero-order chi connectivity index (χ0) is 24.7. The Morgan fingerprint density at radius 3 is 2.48 bits per heavy atom. The van der Waals surface area contributed by atoms with E-state index in [0.717, 1.165) is 29.7 Å². The first-order valence-corrected chi connectivity index (χ1v) is 12.6. The second kappa shape index (κ2) is 8.99. The molecule has 1 heterocycles. The first-order chi connectivity index (χ1) is 15.2. The normalized spacial score (nSPS) is 13.2. The van der Waals surface area contributed by atoms with Crippen LogP contribution in [0.1, 0.15) is 19.4 Å². The van der Waals surface area contributed by atoms with E-state index in [1.807, 2.05) is 6.92 Å². The number of halogens is 4. The summed E-state index contributed by atoms with van der Waals surface area (Å²) in [5.74, 6) is -0.773. The highest BCUT2D eigenvalue weighted by Gasteiger charge is 2.36. The smallest absolute Gasteiger partial charge is 0.324 e. The van der Waals surface area contributed by atoms with Crippen LogP contribution in [0, 0.1) is 0 Å². The van der Waals surface area contributed by atoms with E-state index in [2.05, 4.69) is 5.32 Å². The maximum absolute atomic E-state index is 13.3. The Morgan fingerprint density at radius 2 is 1.91 bits per heavy atom. The zero-order valence-electron chi connectivity index (χ0n) is 17.6. The number of amides is 1. The average Bonchev–Trinajstić information content (AvgIpc) is 3.01. The van der Waals surface area contributed by atoms with Gasteiger partial charge < -0.3 is 5.32 Å². The maximum Gasteiger partial charge on any atom is 0.417 e. The Kier molecular flexibility index (Phi) is 6.83. The van der Waals surface area contributed by atoms with Gasteiger partial charge in [-0.05, 0) is 50.2 Å². The molecule has 3 aromatic rings. The number of nitrogens with zero attached hydrogens (tertiary/aromatic N) is 2. The topological polar surface area (TPSA) is 88.5 Å². The summed E-state index contributed by atoms with van der Waals surface area (Å²) < 4.78 is 67.4. The Bertz CT molecular complexity index is 1380. The van der Waals surface area contributed by atoms with Crippen LogP contribution in [0.25, 0.3) is 10.2 Å². The van der Waals surface area contributed by atoms with Crippen LogP contribution in [0.2, 0.25) is 5.02 Å². The second-order valence-corrected chi connectivity index (χ2v) is 10.4. The van der Waals surface area contributed by atoms with Crippen LogP contribution >= 0.6 is 22.9 Å². The fraction of sp³-hybridized carbons (Fsp3) is 0.300. The quantitative estimate of drug-likeness (QED) is 0.515. The molecule has 33 heavy (non-hydrogen) atoms. The second-order valence-electron chi connectivity index (χ2n) is 7.18. The lowest BCUT2D eigenvalue weighted by atomic mass is 10.1. The fourth-order valence-corrected chi connectivity index (χ4v) is 5.75. The third-order valence-corrected chi connectivity index (χ3v) is 7.36. The number of rotatable bonds is 6. The summed E-state index contributed by atoms with van der Waals surface area (Å²) >= 11 is 6.63. The van der Waals surface area contributed by atoms with Crippen molar-refractivity contribution in [2.45, 2.75) is 32.6 Å². The number of carbonyl (C=O) groups is 1. The minimum absolute atomic E-state index is 0.157.